The van der Waals surface area contributed by atoms with Gasteiger partial charge in [-0.1, -0.05) is 60.1 Å². The summed E-state index contributed by atoms with van der Waals surface area (Å²) in [4.78, 5) is 23.3. The van der Waals surface area contributed by atoms with Gasteiger partial charge in [-0.15, -0.1) is 0 Å². The normalized spacial score (nSPS) is 10.5. The topological polar surface area (TPSA) is 58.2 Å². The van der Waals surface area contributed by atoms with E-state index in [0.717, 1.165) is 11.1 Å². The van der Waals surface area contributed by atoms with Crippen LogP contribution in [0.15, 0.2) is 60.7 Å². The molecule has 0 bridgehead atoms. The molecule has 0 aliphatic heterocycles. The van der Waals surface area contributed by atoms with E-state index in [2.05, 4.69) is 10.9 Å². The molecule has 4 nitrogen and oxygen atoms in total. The molecule has 118 valence electrons. The molecule has 2 aromatic rings. The lowest BCUT2D eigenvalue weighted by atomic mass is 10.1. The van der Waals surface area contributed by atoms with Gasteiger partial charge in [-0.25, -0.2) is 0 Å². The number of benzene rings is 2. The average molecular weight is 329 g/mol. The summed E-state index contributed by atoms with van der Waals surface area (Å²) in [6.07, 6.45) is 3.84. The van der Waals surface area contributed by atoms with Crippen molar-refractivity contribution in [2.24, 2.45) is 0 Å². The first-order valence-corrected chi connectivity index (χ1v) is 7.58. The van der Waals surface area contributed by atoms with Crippen LogP contribution < -0.4 is 10.9 Å². The minimum absolute atomic E-state index is 0.242. The molecule has 2 N–H and O–H groups in total. The zero-order chi connectivity index (χ0) is 16.5. The molecule has 0 heterocycles. The smallest absolute Gasteiger partial charge is 0.262 e. The molecule has 0 aliphatic carbocycles. The monoisotopic (exact) mass is 328 g/mol. The fourth-order valence-corrected chi connectivity index (χ4v) is 2.11. The summed E-state index contributed by atoms with van der Waals surface area (Å²) in [5.74, 6) is -0.661. The molecule has 0 unspecified atom stereocenters. The molecule has 2 rings (SSSR count). The quantitative estimate of drug-likeness (QED) is 0.654. The second-order valence-corrected chi connectivity index (χ2v) is 5.29. The Bertz CT molecular complexity index is 699. The van der Waals surface area contributed by atoms with Crippen LogP contribution in [0.5, 0.6) is 0 Å². The van der Waals surface area contributed by atoms with E-state index < -0.39 is 5.91 Å². The van der Waals surface area contributed by atoms with E-state index in [4.69, 9.17) is 11.6 Å². The van der Waals surface area contributed by atoms with Gasteiger partial charge in [0.05, 0.1) is 0 Å². The molecule has 2 aromatic carbocycles. The maximum absolute atomic E-state index is 11.7. The first kappa shape index (κ1) is 16.8. The third-order valence-electron chi connectivity index (χ3n) is 3.13. The number of hydrogen-bond donors (Lipinski definition) is 2. The van der Waals surface area contributed by atoms with Crippen LogP contribution in [-0.4, -0.2) is 11.8 Å². The van der Waals surface area contributed by atoms with E-state index in [1.54, 1.807) is 18.2 Å². The molecule has 2 amide bonds. The van der Waals surface area contributed by atoms with Gasteiger partial charge in [0.25, 0.3) is 5.91 Å². The van der Waals surface area contributed by atoms with Crippen molar-refractivity contribution in [3.8, 4) is 0 Å². The van der Waals surface area contributed by atoms with Gasteiger partial charge >= 0.3 is 0 Å². The Morgan fingerprint density at radius 1 is 0.957 bits per heavy atom. The van der Waals surface area contributed by atoms with Crippen LogP contribution in [0.1, 0.15) is 17.5 Å². The van der Waals surface area contributed by atoms with Crippen molar-refractivity contribution in [3.63, 3.8) is 0 Å². The van der Waals surface area contributed by atoms with Gasteiger partial charge in [0.15, 0.2) is 0 Å². The van der Waals surface area contributed by atoms with Gasteiger partial charge in [0.2, 0.25) is 5.91 Å². The fraction of sp³-hybridized carbons (Fsp3) is 0.111. The predicted molar refractivity (Wildman–Crippen MR) is 91.5 cm³/mol. The molecule has 0 fully saturated rings. The molecule has 0 radical (unpaired) electrons. The molecule has 0 atom stereocenters. The van der Waals surface area contributed by atoms with Crippen molar-refractivity contribution in [3.05, 3.63) is 76.8 Å². The molecule has 0 aromatic heterocycles. The molecular formula is C18H17ClN2O2. The summed E-state index contributed by atoms with van der Waals surface area (Å²) in [6.45, 7) is 0. The zero-order valence-electron chi connectivity index (χ0n) is 12.5. The Balaban J connectivity index is 1.73. The highest BCUT2D eigenvalue weighted by Gasteiger charge is 2.03. The van der Waals surface area contributed by atoms with Crippen LogP contribution in [0, 0.1) is 0 Å². The Kier molecular flexibility index (Phi) is 6.39. The van der Waals surface area contributed by atoms with Gasteiger partial charge in [0, 0.05) is 17.5 Å². The zero-order valence-corrected chi connectivity index (χ0v) is 13.2. The van der Waals surface area contributed by atoms with Crippen molar-refractivity contribution in [2.45, 2.75) is 12.8 Å². The highest BCUT2D eigenvalue weighted by Crippen LogP contribution is 2.15. The van der Waals surface area contributed by atoms with Crippen molar-refractivity contribution in [2.75, 3.05) is 0 Å². The minimum atomic E-state index is -0.419. The molecular weight excluding hydrogens is 312 g/mol. The first-order valence-electron chi connectivity index (χ1n) is 7.20. The third kappa shape index (κ3) is 5.96. The summed E-state index contributed by atoms with van der Waals surface area (Å²) in [7, 11) is 0. The van der Waals surface area contributed by atoms with Crippen molar-refractivity contribution in [1.82, 2.24) is 10.9 Å². The lowest BCUT2D eigenvalue weighted by molar-refractivity contribution is -0.126. The minimum Gasteiger partial charge on any atom is -0.273 e. The number of aryl methyl sites for hydroxylation is 1. The molecule has 23 heavy (non-hydrogen) atoms. The highest BCUT2D eigenvalue weighted by atomic mass is 35.5. The average Bonchev–Trinajstić information content (AvgIpc) is 2.58. The second-order valence-electron chi connectivity index (χ2n) is 4.88. The number of nitrogens with one attached hydrogen (secondary N) is 2. The lowest BCUT2D eigenvalue weighted by Gasteiger charge is -2.05. The van der Waals surface area contributed by atoms with Crippen LogP contribution >= 0.6 is 11.6 Å². The van der Waals surface area contributed by atoms with Gasteiger partial charge in [-0.05, 0) is 29.7 Å². The number of hydrazine groups is 1. The molecule has 0 spiro atoms. The van der Waals surface area contributed by atoms with Gasteiger partial charge in [-0.2, -0.15) is 0 Å². The predicted octanol–water partition coefficient (Wildman–Crippen LogP) is 3.13. The summed E-state index contributed by atoms with van der Waals surface area (Å²) < 4.78 is 0. The number of halogens is 1. The van der Waals surface area contributed by atoms with E-state index in [9.17, 15) is 9.59 Å². The van der Waals surface area contributed by atoms with Crippen molar-refractivity contribution >= 4 is 29.5 Å². The summed E-state index contributed by atoms with van der Waals surface area (Å²) in [5.41, 5.74) is 6.53. The van der Waals surface area contributed by atoms with Crippen molar-refractivity contribution < 1.29 is 9.59 Å². The summed E-state index contributed by atoms with van der Waals surface area (Å²) in [6, 6.07) is 16.9. The SMILES string of the molecule is O=C(C=Cc1ccccc1Cl)NNC(=O)CCc1ccccc1. The first-order chi connectivity index (χ1) is 11.1. The Morgan fingerprint density at radius 2 is 1.65 bits per heavy atom. The summed E-state index contributed by atoms with van der Waals surface area (Å²) >= 11 is 5.98. The van der Waals surface area contributed by atoms with Crippen LogP contribution in [0.25, 0.3) is 6.08 Å². The number of hydrogen-bond acceptors (Lipinski definition) is 2. The van der Waals surface area contributed by atoms with E-state index in [0.29, 0.717) is 17.9 Å². The summed E-state index contributed by atoms with van der Waals surface area (Å²) in [5, 5.41) is 0.559. The number of carbonyl (C=O) groups is 2. The molecule has 0 saturated carbocycles. The van der Waals surface area contributed by atoms with Crippen LogP contribution in [0.4, 0.5) is 0 Å². The van der Waals surface area contributed by atoms with Crippen LogP contribution in [-0.2, 0) is 16.0 Å². The number of carbonyl (C=O) groups excluding carboxylic acids is 2. The highest BCUT2D eigenvalue weighted by molar-refractivity contribution is 6.32. The standard InChI is InChI=1S/C18H17ClN2O2/c19-16-9-5-4-8-15(16)11-13-18(23)21-20-17(22)12-10-14-6-2-1-3-7-14/h1-9,11,13H,10,12H2,(H,20,22)(H,21,23). The largest absolute Gasteiger partial charge is 0.273 e. The second kappa shape index (κ2) is 8.76. The lowest BCUT2D eigenvalue weighted by Crippen LogP contribution is -2.40. The van der Waals surface area contributed by atoms with E-state index in [1.165, 1.54) is 6.08 Å². The van der Waals surface area contributed by atoms with E-state index in [1.807, 2.05) is 42.5 Å². The maximum Gasteiger partial charge on any atom is 0.262 e. The van der Waals surface area contributed by atoms with Crippen LogP contribution in [0.3, 0.4) is 0 Å². The van der Waals surface area contributed by atoms with Crippen LogP contribution in [0.2, 0.25) is 5.02 Å². The van der Waals surface area contributed by atoms with Crippen molar-refractivity contribution in [1.29, 1.82) is 0 Å². The Morgan fingerprint density at radius 3 is 2.39 bits per heavy atom. The van der Waals surface area contributed by atoms with Gasteiger partial charge in [0.1, 0.15) is 0 Å². The third-order valence-corrected chi connectivity index (χ3v) is 3.47. The van der Waals surface area contributed by atoms with Gasteiger partial charge < -0.3 is 0 Å². The molecule has 0 saturated heterocycles. The van der Waals surface area contributed by atoms with E-state index >= 15 is 0 Å². The Labute approximate surface area is 140 Å². The molecule has 0 aliphatic rings. The number of amides is 2. The van der Waals surface area contributed by atoms with E-state index in [-0.39, 0.29) is 5.91 Å². The Hall–Kier alpha value is -2.59. The number of rotatable bonds is 5. The van der Waals surface area contributed by atoms with Gasteiger partial charge in [-0.3, -0.25) is 20.4 Å². The fourth-order valence-electron chi connectivity index (χ4n) is 1.91. The maximum atomic E-state index is 11.7. The molecule has 5 heteroatoms.